The molecule has 0 spiro atoms. The van der Waals surface area contributed by atoms with Crippen molar-refractivity contribution in [1.82, 2.24) is 0 Å². The largest absolute Gasteiger partial charge is 0.0654 e. The van der Waals surface area contributed by atoms with Crippen LogP contribution in [0.2, 0.25) is 0 Å². The van der Waals surface area contributed by atoms with Crippen molar-refractivity contribution in [2.75, 3.05) is 0 Å². The fourth-order valence-electron chi connectivity index (χ4n) is 3.73. The minimum atomic E-state index is 1.11. The Morgan fingerprint density at radius 1 is 1.00 bits per heavy atom. The molecule has 14 heavy (non-hydrogen) atoms. The van der Waals surface area contributed by atoms with Gasteiger partial charge in [-0.3, -0.25) is 0 Å². The van der Waals surface area contributed by atoms with Crippen LogP contribution in [0, 0.1) is 17.8 Å². The summed E-state index contributed by atoms with van der Waals surface area (Å²) in [6.07, 6.45) is 15.3. The minimum absolute atomic E-state index is 1.11. The highest BCUT2D eigenvalue weighted by Gasteiger charge is 2.31. The standard InChI is InChI=1S/C14H26/c1-2-3-7-13-8-5-4-6-12-9-10-14(13)11-12/h12-14H,2-11H2,1H3. The van der Waals surface area contributed by atoms with Gasteiger partial charge >= 0.3 is 0 Å². The van der Waals surface area contributed by atoms with Gasteiger partial charge < -0.3 is 0 Å². The van der Waals surface area contributed by atoms with Crippen molar-refractivity contribution in [3.8, 4) is 0 Å². The highest BCUT2D eigenvalue weighted by atomic mass is 14.4. The van der Waals surface area contributed by atoms with E-state index in [2.05, 4.69) is 6.92 Å². The maximum Gasteiger partial charge on any atom is -0.0383 e. The second-order valence-electron chi connectivity index (χ2n) is 5.63. The molecule has 0 saturated heterocycles. The SMILES string of the molecule is CCCCC1CCCCC2CCC1C2. The van der Waals surface area contributed by atoms with Crippen LogP contribution in [0.4, 0.5) is 0 Å². The molecule has 0 heteroatoms. The first-order valence-corrected chi connectivity index (χ1v) is 6.90. The molecular formula is C14H26. The lowest BCUT2D eigenvalue weighted by Crippen LogP contribution is -2.14. The molecule has 2 rings (SSSR count). The summed E-state index contributed by atoms with van der Waals surface area (Å²) in [5.41, 5.74) is 0. The van der Waals surface area contributed by atoms with Crippen molar-refractivity contribution in [2.24, 2.45) is 17.8 Å². The van der Waals surface area contributed by atoms with Gasteiger partial charge in [-0.2, -0.15) is 0 Å². The summed E-state index contributed by atoms with van der Waals surface area (Å²) in [7, 11) is 0. The molecule has 2 saturated carbocycles. The van der Waals surface area contributed by atoms with Crippen molar-refractivity contribution < 1.29 is 0 Å². The highest BCUT2D eigenvalue weighted by molar-refractivity contribution is 4.82. The summed E-state index contributed by atoms with van der Waals surface area (Å²) in [5, 5.41) is 0. The van der Waals surface area contributed by atoms with E-state index in [1.54, 1.807) is 32.1 Å². The molecule has 0 nitrogen and oxygen atoms in total. The first-order chi connectivity index (χ1) is 6.90. The van der Waals surface area contributed by atoms with Gasteiger partial charge in [-0.1, -0.05) is 58.3 Å². The molecule has 2 aliphatic carbocycles. The molecule has 0 aromatic heterocycles. The van der Waals surface area contributed by atoms with Crippen molar-refractivity contribution in [1.29, 1.82) is 0 Å². The molecule has 3 atom stereocenters. The first-order valence-electron chi connectivity index (χ1n) is 6.90. The predicted octanol–water partition coefficient (Wildman–Crippen LogP) is 4.78. The van der Waals surface area contributed by atoms with Gasteiger partial charge in [-0.25, -0.2) is 0 Å². The Labute approximate surface area is 89.5 Å². The summed E-state index contributed by atoms with van der Waals surface area (Å²) in [5.74, 6) is 3.37. The van der Waals surface area contributed by atoms with Crippen LogP contribution in [0.5, 0.6) is 0 Å². The molecule has 0 N–H and O–H groups in total. The molecule has 2 bridgehead atoms. The van der Waals surface area contributed by atoms with Gasteiger partial charge in [0.25, 0.3) is 0 Å². The van der Waals surface area contributed by atoms with Crippen LogP contribution in [0.25, 0.3) is 0 Å². The molecule has 0 aromatic rings. The average Bonchev–Trinajstić information content (AvgIpc) is 2.64. The zero-order valence-corrected chi connectivity index (χ0v) is 9.80. The molecule has 0 heterocycles. The Morgan fingerprint density at radius 3 is 2.71 bits per heavy atom. The molecule has 0 aliphatic heterocycles. The number of unbranched alkanes of at least 4 members (excludes halogenated alkanes) is 1. The molecule has 3 unspecified atom stereocenters. The third-order valence-corrected chi connectivity index (χ3v) is 4.61. The van der Waals surface area contributed by atoms with E-state index in [4.69, 9.17) is 0 Å². The van der Waals surface area contributed by atoms with E-state index in [-0.39, 0.29) is 0 Å². The van der Waals surface area contributed by atoms with Crippen molar-refractivity contribution in [2.45, 2.75) is 71.1 Å². The molecule has 2 aliphatic rings. The molecule has 82 valence electrons. The van der Waals surface area contributed by atoms with Gasteiger partial charge in [0.05, 0.1) is 0 Å². The molecular weight excluding hydrogens is 168 g/mol. The van der Waals surface area contributed by atoms with Crippen LogP contribution in [-0.2, 0) is 0 Å². The van der Waals surface area contributed by atoms with E-state index in [9.17, 15) is 0 Å². The van der Waals surface area contributed by atoms with Crippen LogP contribution in [0.15, 0.2) is 0 Å². The summed E-state index contributed by atoms with van der Waals surface area (Å²) in [6, 6.07) is 0. The van der Waals surface area contributed by atoms with Gasteiger partial charge in [0.1, 0.15) is 0 Å². The lowest BCUT2D eigenvalue weighted by atomic mass is 9.80. The monoisotopic (exact) mass is 194 g/mol. The van der Waals surface area contributed by atoms with E-state index in [1.807, 2.05) is 0 Å². The summed E-state index contributed by atoms with van der Waals surface area (Å²) < 4.78 is 0. The Balaban J connectivity index is 1.86. The summed E-state index contributed by atoms with van der Waals surface area (Å²) in [6.45, 7) is 2.33. The van der Waals surface area contributed by atoms with Crippen LogP contribution in [0.3, 0.4) is 0 Å². The number of hydrogen-bond donors (Lipinski definition) is 0. The minimum Gasteiger partial charge on any atom is -0.0654 e. The third-order valence-electron chi connectivity index (χ3n) is 4.61. The lowest BCUT2D eigenvalue weighted by Gasteiger charge is -2.26. The maximum atomic E-state index is 2.33. The maximum absolute atomic E-state index is 2.33. The smallest absolute Gasteiger partial charge is 0.0383 e. The zero-order chi connectivity index (χ0) is 9.80. The second-order valence-corrected chi connectivity index (χ2v) is 5.63. The number of fused-ring (bicyclic) bond motifs is 2. The number of rotatable bonds is 3. The van der Waals surface area contributed by atoms with Gasteiger partial charge in [0.2, 0.25) is 0 Å². The molecule has 0 aromatic carbocycles. The second kappa shape index (κ2) is 5.19. The normalized spacial score (nSPS) is 37.9. The fourth-order valence-corrected chi connectivity index (χ4v) is 3.73. The van der Waals surface area contributed by atoms with Crippen molar-refractivity contribution in [3.63, 3.8) is 0 Å². The highest BCUT2D eigenvalue weighted by Crippen LogP contribution is 2.43. The van der Waals surface area contributed by atoms with E-state index in [1.165, 1.54) is 32.1 Å². The molecule has 0 radical (unpaired) electrons. The van der Waals surface area contributed by atoms with Crippen LogP contribution >= 0.6 is 0 Å². The Morgan fingerprint density at radius 2 is 1.86 bits per heavy atom. The fraction of sp³-hybridized carbons (Fsp3) is 1.00. The molecule has 0 amide bonds. The third kappa shape index (κ3) is 2.52. The summed E-state index contributed by atoms with van der Waals surface area (Å²) in [4.78, 5) is 0. The summed E-state index contributed by atoms with van der Waals surface area (Å²) >= 11 is 0. The first kappa shape index (κ1) is 10.5. The van der Waals surface area contributed by atoms with E-state index in [0.29, 0.717) is 0 Å². The Bertz CT molecular complexity index is 159. The van der Waals surface area contributed by atoms with Crippen LogP contribution in [0.1, 0.15) is 71.1 Å². The Hall–Kier alpha value is 0. The van der Waals surface area contributed by atoms with Gasteiger partial charge in [-0.15, -0.1) is 0 Å². The molecule has 2 fully saturated rings. The van der Waals surface area contributed by atoms with Crippen LogP contribution in [-0.4, -0.2) is 0 Å². The van der Waals surface area contributed by atoms with Gasteiger partial charge in [-0.05, 0) is 30.6 Å². The quantitative estimate of drug-likeness (QED) is 0.606. The van der Waals surface area contributed by atoms with E-state index < -0.39 is 0 Å². The van der Waals surface area contributed by atoms with E-state index in [0.717, 1.165) is 17.8 Å². The van der Waals surface area contributed by atoms with Crippen molar-refractivity contribution in [3.05, 3.63) is 0 Å². The van der Waals surface area contributed by atoms with Gasteiger partial charge in [0.15, 0.2) is 0 Å². The van der Waals surface area contributed by atoms with Crippen LogP contribution < -0.4 is 0 Å². The zero-order valence-electron chi connectivity index (χ0n) is 9.80. The van der Waals surface area contributed by atoms with E-state index >= 15 is 0 Å². The van der Waals surface area contributed by atoms with Crippen molar-refractivity contribution >= 4 is 0 Å². The predicted molar refractivity (Wildman–Crippen MR) is 62.3 cm³/mol. The lowest BCUT2D eigenvalue weighted by molar-refractivity contribution is 0.257. The van der Waals surface area contributed by atoms with Gasteiger partial charge in [0, 0.05) is 0 Å². The number of hydrogen-bond acceptors (Lipinski definition) is 0. The average molecular weight is 194 g/mol. The topological polar surface area (TPSA) is 0 Å². The Kier molecular flexibility index (Phi) is 3.89.